The van der Waals surface area contributed by atoms with E-state index in [1.807, 2.05) is 5.32 Å². The van der Waals surface area contributed by atoms with Gasteiger partial charge in [0.1, 0.15) is 0 Å². The average molecular weight is 575 g/mol. The van der Waals surface area contributed by atoms with Crippen LogP contribution in [-0.4, -0.2) is 35.2 Å². The summed E-state index contributed by atoms with van der Waals surface area (Å²) < 4.78 is 83.8. The maximum Gasteiger partial charge on any atom is 0.416 e. The zero-order chi connectivity index (χ0) is 29.3. The summed E-state index contributed by atoms with van der Waals surface area (Å²) in [5, 5.41) is 7.77. The van der Waals surface area contributed by atoms with E-state index in [9.17, 15) is 35.9 Å². The Hall–Kier alpha value is -3.81. The molecule has 1 unspecified atom stereocenters. The molecule has 1 aliphatic rings. The first-order valence-corrected chi connectivity index (χ1v) is 11.8. The quantitative estimate of drug-likeness (QED) is 0.216. The number of amides is 2. The lowest BCUT2D eigenvalue weighted by atomic mass is 9.95. The predicted octanol–water partition coefficient (Wildman–Crippen LogP) is 6.45. The van der Waals surface area contributed by atoms with Crippen molar-refractivity contribution in [2.45, 2.75) is 45.3 Å². The van der Waals surface area contributed by atoms with E-state index in [0.29, 0.717) is 34.1 Å². The number of rotatable bonds is 5. The van der Waals surface area contributed by atoms with Gasteiger partial charge in [0.15, 0.2) is 5.11 Å². The van der Waals surface area contributed by atoms with Crippen molar-refractivity contribution in [1.29, 1.82) is 0 Å². The van der Waals surface area contributed by atoms with Crippen LogP contribution in [0.25, 0.3) is 0 Å². The second-order valence-corrected chi connectivity index (χ2v) is 9.28. The molecule has 1 aliphatic heterocycles. The molecule has 0 saturated carbocycles. The number of thiocarbonyl (C=S) groups is 1. The van der Waals surface area contributed by atoms with Crippen molar-refractivity contribution in [3.63, 3.8) is 0 Å². The number of halogens is 6. The van der Waals surface area contributed by atoms with E-state index in [4.69, 9.17) is 17.0 Å². The summed E-state index contributed by atoms with van der Waals surface area (Å²) in [5.41, 5.74) is -2.14. The van der Waals surface area contributed by atoms with Gasteiger partial charge in [0.25, 0.3) is 0 Å². The van der Waals surface area contributed by atoms with Crippen LogP contribution in [0.4, 0.5) is 42.5 Å². The van der Waals surface area contributed by atoms with Crippen molar-refractivity contribution in [3.05, 3.63) is 70.4 Å². The van der Waals surface area contributed by atoms with Crippen LogP contribution in [0.3, 0.4) is 0 Å². The highest BCUT2D eigenvalue weighted by Crippen LogP contribution is 2.37. The molecule has 0 aromatic heterocycles. The molecule has 0 radical (unpaired) electrons. The molecule has 2 amide bonds. The van der Waals surface area contributed by atoms with Crippen LogP contribution < -0.4 is 16.0 Å². The summed E-state index contributed by atoms with van der Waals surface area (Å²) in [6, 6.07) is 5.08. The molecule has 0 fully saturated rings. The van der Waals surface area contributed by atoms with Crippen molar-refractivity contribution in [3.8, 4) is 0 Å². The number of esters is 1. The summed E-state index contributed by atoms with van der Waals surface area (Å²) in [7, 11) is 1.69. The Morgan fingerprint density at radius 3 is 1.95 bits per heavy atom. The minimum atomic E-state index is -5.05. The molecule has 1 heterocycles. The first kappa shape index (κ1) is 29.7. The number of allylic oxidation sites excluding steroid dienone is 1. The number of carbonyl (C=O) groups excluding carboxylic acids is 2. The number of anilines is 2. The number of hydrogen-bond donors (Lipinski definition) is 3. The molecule has 39 heavy (non-hydrogen) atoms. The van der Waals surface area contributed by atoms with Crippen LogP contribution in [0.5, 0.6) is 0 Å². The Morgan fingerprint density at radius 1 is 0.949 bits per heavy atom. The standard InChI is InChI=1S/C25H24F6N4O3S/c1-12(2)38-21(36)19-13(3)35(4)23(39)34-20(19)14-5-7-17(8-6-14)32-22(37)33-18-10-15(24(26,27)28)9-16(11-18)25(29,30)31/h5-12,20H,1-4H3,(H,34,39)(H2,32,33,37). The molecule has 2 aromatic rings. The molecular formula is C25H24F6N4O3S. The third-order valence-corrected chi connectivity index (χ3v) is 6.06. The highest BCUT2D eigenvalue weighted by molar-refractivity contribution is 7.80. The third-order valence-electron chi connectivity index (χ3n) is 5.66. The van der Waals surface area contributed by atoms with Crippen LogP contribution in [0.2, 0.25) is 0 Å². The maximum atomic E-state index is 13.1. The fraction of sp³-hybridized carbons (Fsp3) is 0.320. The molecule has 14 heteroatoms. The molecule has 0 saturated heterocycles. The van der Waals surface area contributed by atoms with Gasteiger partial charge >= 0.3 is 24.4 Å². The number of alkyl halides is 6. The molecule has 0 spiro atoms. The molecule has 0 bridgehead atoms. The fourth-order valence-electron chi connectivity index (χ4n) is 3.71. The minimum Gasteiger partial charge on any atom is -0.459 e. The second kappa shape index (κ2) is 11.1. The van der Waals surface area contributed by atoms with Crippen molar-refractivity contribution < 1.29 is 40.7 Å². The Kier molecular flexibility index (Phi) is 8.48. The van der Waals surface area contributed by atoms with Crippen molar-refractivity contribution in [1.82, 2.24) is 10.2 Å². The molecule has 2 aromatic carbocycles. The lowest BCUT2D eigenvalue weighted by Crippen LogP contribution is -2.46. The SMILES string of the molecule is CC1=C(C(=O)OC(C)C)C(c2ccc(NC(=O)Nc3cc(C(F)(F)F)cc(C(F)(F)F)c3)cc2)NC(=S)N1C. The van der Waals surface area contributed by atoms with E-state index in [0.717, 1.165) is 0 Å². The first-order valence-electron chi connectivity index (χ1n) is 11.4. The highest BCUT2D eigenvalue weighted by Gasteiger charge is 2.37. The van der Waals surface area contributed by atoms with E-state index in [-0.39, 0.29) is 17.9 Å². The van der Waals surface area contributed by atoms with Gasteiger partial charge in [0, 0.05) is 24.1 Å². The molecule has 3 rings (SSSR count). The predicted molar refractivity (Wildman–Crippen MR) is 136 cm³/mol. The van der Waals surface area contributed by atoms with Gasteiger partial charge in [0.2, 0.25) is 0 Å². The summed E-state index contributed by atoms with van der Waals surface area (Å²) in [6.07, 6.45) is -10.5. The average Bonchev–Trinajstić information content (AvgIpc) is 2.81. The zero-order valence-corrected chi connectivity index (χ0v) is 21.9. The van der Waals surface area contributed by atoms with Crippen LogP contribution >= 0.6 is 12.2 Å². The molecule has 0 aliphatic carbocycles. The Morgan fingerprint density at radius 2 is 1.46 bits per heavy atom. The van der Waals surface area contributed by atoms with Crippen molar-refractivity contribution in [2.75, 3.05) is 17.7 Å². The monoisotopic (exact) mass is 574 g/mol. The number of ether oxygens (including phenoxy) is 1. The lowest BCUT2D eigenvalue weighted by Gasteiger charge is -2.35. The van der Waals surface area contributed by atoms with Gasteiger partial charge in [-0.3, -0.25) is 0 Å². The van der Waals surface area contributed by atoms with E-state index < -0.39 is 47.2 Å². The van der Waals surface area contributed by atoms with Gasteiger partial charge in [-0.25, -0.2) is 9.59 Å². The largest absolute Gasteiger partial charge is 0.459 e. The van der Waals surface area contributed by atoms with E-state index in [1.54, 1.807) is 44.9 Å². The number of carbonyl (C=O) groups is 2. The maximum absolute atomic E-state index is 13.1. The van der Waals surface area contributed by atoms with Crippen LogP contribution in [0, 0.1) is 0 Å². The van der Waals surface area contributed by atoms with Gasteiger partial charge in [-0.05, 0) is 68.9 Å². The highest BCUT2D eigenvalue weighted by atomic mass is 32.1. The normalized spacial score (nSPS) is 16.2. The smallest absolute Gasteiger partial charge is 0.416 e. The lowest BCUT2D eigenvalue weighted by molar-refractivity contribution is -0.144. The van der Waals surface area contributed by atoms with E-state index in [2.05, 4.69) is 10.6 Å². The minimum absolute atomic E-state index is 0.0358. The van der Waals surface area contributed by atoms with Crippen LogP contribution in [-0.2, 0) is 21.9 Å². The van der Waals surface area contributed by atoms with Gasteiger partial charge in [0.05, 0.1) is 28.8 Å². The number of hydrogen-bond acceptors (Lipinski definition) is 4. The Bertz CT molecular complexity index is 1270. The fourth-order valence-corrected chi connectivity index (χ4v) is 3.96. The molecule has 210 valence electrons. The summed E-state index contributed by atoms with van der Waals surface area (Å²) in [4.78, 5) is 26.8. The third kappa shape index (κ3) is 7.19. The van der Waals surface area contributed by atoms with Gasteiger partial charge < -0.3 is 25.6 Å². The Balaban J connectivity index is 1.81. The van der Waals surface area contributed by atoms with E-state index >= 15 is 0 Å². The summed E-state index contributed by atoms with van der Waals surface area (Å²) >= 11 is 5.34. The van der Waals surface area contributed by atoms with Gasteiger partial charge in [-0.2, -0.15) is 26.3 Å². The topological polar surface area (TPSA) is 82.7 Å². The zero-order valence-electron chi connectivity index (χ0n) is 21.0. The number of urea groups is 1. The van der Waals surface area contributed by atoms with Crippen molar-refractivity contribution >= 4 is 40.7 Å². The van der Waals surface area contributed by atoms with Gasteiger partial charge in [-0.1, -0.05) is 12.1 Å². The van der Waals surface area contributed by atoms with Crippen molar-refractivity contribution in [2.24, 2.45) is 0 Å². The number of nitrogens with one attached hydrogen (secondary N) is 3. The Labute approximate surface area is 225 Å². The van der Waals surface area contributed by atoms with Crippen LogP contribution in [0.1, 0.15) is 43.5 Å². The van der Waals surface area contributed by atoms with E-state index in [1.165, 1.54) is 12.1 Å². The number of benzene rings is 2. The van der Waals surface area contributed by atoms with Gasteiger partial charge in [-0.15, -0.1) is 0 Å². The molecule has 1 atom stereocenters. The molecule has 7 nitrogen and oxygen atoms in total. The van der Waals surface area contributed by atoms with Crippen LogP contribution in [0.15, 0.2) is 53.7 Å². The summed E-state index contributed by atoms with van der Waals surface area (Å²) in [5.74, 6) is -0.546. The summed E-state index contributed by atoms with van der Waals surface area (Å²) in [6.45, 7) is 5.14. The number of nitrogens with zero attached hydrogens (tertiary/aromatic N) is 1. The molecular weight excluding hydrogens is 550 g/mol. The first-order chi connectivity index (χ1) is 18.0. The second-order valence-electron chi connectivity index (χ2n) is 8.89. The molecule has 3 N–H and O–H groups in total.